The molecule has 1 aliphatic rings. The largest absolute Gasteiger partial charge is 0.464 e. The van der Waals surface area contributed by atoms with Crippen LogP contribution in [-0.2, 0) is 14.3 Å². The Kier molecular flexibility index (Phi) is 6.74. The molecule has 0 radical (unpaired) electrons. The lowest BCUT2D eigenvalue weighted by molar-refractivity contribution is -0.169. The van der Waals surface area contributed by atoms with Crippen molar-refractivity contribution in [1.82, 2.24) is 10.2 Å². The zero-order valence-electron chi connectivity index (χ0n) is 12.2. The first kappa shape index (κ1) is 16.7. The summed E-state index contributed by atoms with van der Waals surface area (Å²) in [6.45, 7) is 3.76. The number of esters is 1. The maximum atomic E-state index is 11.8. The molecule has 7 heteroatoms. The molecule has 7 nitrogen and oxygen atoms in total. The second-order valence-corrected chi connectivity index (χ2v) is 4.82. The molecular weight excluding hydrogens is 264 g/mol. The van der Waals surface area contributed by atoms with Gasteiger partial charge in [-0.15, -0.1) is 0 Å². The number of hydrogen-bond acceptors (Lipinski definition) is 5. The van der Waals surface area contributed by atoms with Gasteiger partial charge in [0.1, 0.15) is 0 Å². The average Bonchev–Trinajstić information content (AvgIpc) is 2.44. The van der Waals surface area contributed by atoms with Gasteiger partial charge in [-0.05, 0) is 13.3 Å². The van der Waals surface area contributed by atoms with Crippen molar-refractivity contribution in [2.75, 3.05) is 40.0 Å². The van der Waals surface area contributed by atoms with E-state index in [1.54, 1.807) is 18.9 Å². The first-order chi connectivity index (χ1) is 9.53. The molecule has 116 valence electrons. The number of hydrogen-bond donors (Lipinski definition) is 2. The molecule has 2 amide bonds. The summed E-state index contributed by atoms with van der Waals surface area (Å²) in [5.74, 6) is -0.597. The zero-order chi connectivity index (χ0) is 15.0. The van der Waals surface area contributed by atoms with E-state index in [0.29, 0.717) is 26.2 Å². The molecule has 0 aromatic carbocycles. The van der Waals surface area contributed by atoms with Crippen LogP contribution in [0.5, 0.6) is 0 Å². The van der Waals surface area contributed by atoms with Gasteiger partial charge >= 0.3 is 12.0 Å². The molecule has 1 saturated heterocycles. The number of aliphatic hydroxyl groups is 1. The van der Waals surface area contributed by atoms with E-state index in [4.69, 9.17) is 9.47 Å². The van der Waals surface area contributed by atoms with Crippen LogP contribution < -0.4 is 5.32 Å². The molecule has 0 spiro atoms. The second kappa shape index (κ2) is 8.06. The monoisotopic (exact) mass is 288 g/mol. The summed E-state index contributed by atoms with van der Waals surface area (Å²) in [5.41, 5.74) is -1.46. The Morgan fingerprint density at radius 3 is 2.55 bits per heavy atom. The highest BCUT2D eigenvalue weighted by Gasteiger charge is 2.41. The number of likely N-dealkylation sites (tertiary alicyclic amines) is 1. The number of carbonyl (C=O) groups is 2. The van der Waals surface area contributed by atoms with Gasteiger partial charge in [0, 0.05) is 46.2 Å². The fraction of sp³-hybridized carbons (Fsp3) is 0.846. The molecule has 0 aromatic rings. The lowest BCUT2D eigenvalue weighted by Gasteiger charge is -2.36. The van der Waals surface area contributed by atoms with Gasteiger partial charge in [0.05, 0.1) is 6.61 Å². The summed E-state index contributed by atoms with van der Waals surface area (Å²) >= 11 is 0. The SMILES string of the molecule is CCOC(=O)C1(O)CCN(C(=O)NCCCOC)CC1. The number of urea groups is 1. The van der Waals surface area contributed by atoms with E-state index in [0.717, 1.165) is 6.42 Å². The summed E-state index contributed by atoms with van der Waals surface area (Å²) in [6.07, 6.45) is 1.16. The Bertz CT molecular complexity index is 327. The molecule has 1 fully saturated rings. The van der Waals surface area contributed by atoms with Gasteiger partial charge in [-0.1, -0.05) is 0 Å². The van der Waals surface area contributed by atoms with Gasteiger partial charge in [0.2, 0.25) is 0 Å². The maximum Gasteiger partial charge on any atom is 0.338 e. The Labute approximate surface area is 119 Å². The second-order valence-electron chi connectivity index (χ2n) is 4.82. The molecule has 0 atom stereocenters. The smallest absolute Gasteiger partial charge is 0.338 e. The van der Waals surface area contributed by atoms with E-state index in [1.165, 1.54) is 0 Å². The highest BCUT2D eigenvalue weighted by Crippen LogP contribution is 2.23. The summed E-state index contributed by atoms with van der Waals surface area (Å²) in [5, 5.41) is 12.9. The highest BCUT2D eigenvalue weighted by atomic mass is 16.5. The molecule has 0 unspecified atom stereocenters. The number of amides is 2. The van der Waals surface area contributed by atoms with Gasteiger partial charge < -0.3 is 24.8 Å². The fourth-order valence-electron chi connectivity index (χ4n) is 2.07. The summed E-state index contributed by atoms with van der Waals surface area (Å²) in [6, 6.07) is -0.174. The van der Waals surface area contributed by atoms with Crippen LogP contribution in [0.3, 0.4) is 0 Å². The van der Waals surface area contributed by atoms with Crippen molar-refractivity contribution in [3.8, 4) is 0 Å². The van der Waals surface area contributed by atoms with Crippen LogP contribution in [0, 0.1) is 0 Å². The maximum absolute atomic E-state index is 11.8. The van der Waals surface area contributed by atoms with Crippen molar-refractivity contribution in [3.05, 3.63) is 0 Å². The predicted molar refractivity (Wildman–Crippen MR) is 72.3 cm³/mol. The Balaban J connectivity index is 2.34. The van der Waals surface area contributed by atoms with Crippen molar-refractivity contribution in [2.45, 2.75) is 31.8 Å². The number of carbonyl (C=O) groups excluding carboxylic acids is 2. The van der Waals surface area contributed by atoms with E-state index in [1.807, 2.05) is 0 Å². The molecule has 2 N–H and O–H groups in total. The number of ether oxygens (including phenoxy) is 2. The van der Waals surface area contributed by atoms with Gasteiger partial charge in [0.25, 0.3) is 0 Å². The first-order valence-electron chi connectivity index (χ1n) is 6.95. The Hall–Kier alpha value is -1.34. The minimum absolute atomic E-state index is 0.174. The molecule has 1 aliphatic heterocycles. The van der Waals surface area contributed by atoms with Gasteiger partial charge in [-0.25, -0.2) is 9.59 Å². The molecular formula is C13H24N2O5. The molecule has 0 saturated carbocycles. The number of rotatable bonds is 6. The third-order valence-electron chi connectivity index (χ3n) is 3.33. The van der Waals surface area contributed by atoms with Gasteiger partial charge in [0.15, 0.2) is 5.60 Å². The molecule has 0 bridgehead atoms. The standard InChI is InChI=1S/C13H24N2O5/c1-3-20-11(16)13(18)5-8-15(9-6-13)12(17)14-7-4-10-19-2/h18H,3-10H2,1-2H3,(H,14,17). The Morgan fingerprint density at radius 2 is 2.00 bits per heavy atom. The van der Waals surface area contributed by atoms with Crippen LogP contribution in [0.1, 0.15) is 26.2 Å². The van der Waals surface area contributed by atoms with Crippen molar-refractivity contribution in [3.63, 3.8) is 0 Å². The first-order valence-corrected chi connectivity index (χ1v) is 6.95. The molecule has 20 heavy (non-hydrogen) atoms. The molecule has 0 aliphatic carbocycles. The van der Waals surface area contributed by atoms with Crippen LogP contribution in [-0.4, -0.2) is 67.6 Å². The van der Waals surface area contributed by atoms with Crippen molar-refractivity contribution in [2.24, 2.45) is 0 Å². The molecule has 1 rings (SSSR count). The van der Waals surface area contributed by atoms with E-state index < -0.39 is 11.6 Å². The van der Waals surface area contributed by atoms with E-state index in [2.05, 4.69) is 5.32 Å². The quantitative estimate of drug-likeness (QED) is 0.535. The summed E-state index contributed by atoms with van der Waals surface area (Å²) in [4.78, 5) is 25.1. The lowest BCUT2D eigenvalue weighted by atomic mass is 9.92. The van der Waals surface area contributed by atoms with Gasteiger partial charge in [-0.3, -0.25) is 0 Å². The number of nitrogens with one attached hydrogen (secondary N) is 1. The lowest BCUT2D eigenvalue weighted by Crippen LogP contribution is -2.53. The third kappa shape index (κ3) is 4.64. The number of methoxy groups -OCH3 is 1. The van der Waals surface area contributed by atoms with Crippen LogP contribution in [0.2, 0.25) is 0 Å². The minimum atomic E-state index is -1.46. The number of piperidine rings is 1. The van der Waals surface area contributed by atoms with E-state index in [9.17, 15) is 14.7 Å². The van der Waals surface area contributed by atoms with Crippen LogP contribution in [0.4, 0.5) is 4.79 Å². The molecule has 0 aromatic heterocycles. The van der Waals surface area contributed by atoms with Crippen LogP contribution >= 0.6 is 0 Å². The zero-order valence-corrected chi connectivity index (χ0v) is 12.2. The van der Waals surface area contributed by atoms with E-state index >= 15 is 0 Å². The van der Waals surface area contributed by atoms with E-state index in [-0.39, 0.29) is 25.5 Å². The van der Waals surface area contributed by atoms with Crippen molar-refractivity contribution < 1.29 is 24.2 Å². The topological polar surface area (TPSA) is 88.1 Å². The van der Waals surface area contributed by atoms with Crippen molar-refractivity contribution >= 4 is 12.0 Å². The van der Waals surface area contributed by atoms with Crippen LogP contribution in [0.25, 0.3) is 0 Å². The number of nitrogens with zero attached hydrogens (tertiary/aromatic N) is 1. The predicted octanol–water partition coefficient (Wildman–Crippen LogP) is 0.123. The third-order valence-corrected chi connectivity index (χ3v) is 3.33. The minimum Gasteiger partial charge on any atom is -0.464 e. The highest BCUT2D eigenvalue weighted by molar-refractivity contribution is 5.80. The van der Waals surface area contributed by atoms with Crippen molar-refractivity contribution in [1.29, 1.82) is 0 Å². The summed E-state index contributed by atoms with van der Waals surface area (Å²) in [7, 11) is 1.61. The molecule has 1 heterocycles. The fourth-order valence-corrected chi connectivity index (χ4v) is 2.07. The van der Waals surface area contributed by atoms with Crippen LogP contribution in [0.15, 0.2) is 0 Å². The Morgan fingerprint density at radius 1 is 1.35 bits per heavy atom. The average molecular weight is 288 g/mol. The normalized spacial score (nSPS) is 17.6. The summed E-state index contributed by atoms with van der Waals surface area (Å²) < 4.78 is 9.75. The van der Waals surface area contributed by atoms with Gasteiger partial charge in [-0.2, -0.15) is 0 Å².